The summed E-state index contributed by atoms with van der Waals surface area (Å²) in [6.45, 7) is 6.02. The maximum absolute atomic E-state index is 13.2. The van der Waals surface area contributed by atoms with E-state index in [9.17, 15) is 4.79 Å². The van der Waals surface area contributed by atoms with Crippen LogP contribution >= 0.6 is 23.2 Å². The van der Waals surface area contributed by atoms with E-state index in [1.165, 1.54) is 11.1 Å². The number of benzene rings is 2. The first-order chi connectivity index (χ1) is 14.4. The van der Waals surface area contributed by atoms with E-state index in [1.807, 2.05) is 4.68 Å². The van der Waals surface area contributed by atoms with E-state index in [0.29, 0.717) is 21.3 Å². The summed E-state index contributed by atoms with van der Waals surface area (Å²) in [5.41, 5.74) is 5.44. The van der Waals surface area contributed by atoms with Gasteiger partial charge in [0, 0.05) is 10.9 Å². The van der Waals surface area contributed by atoms with Crippen molar-refractivity contribution in [2.24, 2.45) is 0 Å². The Labute approximate surface area is 186 Å². The maximum atomic E-state index is 13.2. The normalized spacial score (nSPS) is 14.7. The predicted octanol–water partition coefficient (Wildman–Crippen LogP) is 5.52. The van der Waals surface area contributed by atoms with Crippen LogP contribution in [-0.4, -0.2) is 28.8 Å². The molecule has 5 nitrogen and oxygen atoms in total. The van der Waals surface area contributed by atoms with Crippen molar-refractivity contribution < 1.29 is 4.79 Å². The molecule has 30 heavy (non-hydrogen) atoms. The van der Waals surface area contributed by atoms with Gasteiger partial charge in [0.25, 0.3) is 5.91 Å². The number of aryl methyl sites for hydroxylation is 2. The molecule has 156 valence electrons. The number of carbonyl (C=O) groups is 1. The first-order valence-electron chi connectivity index (χ1n) is 10.1. The molecule has 1 aliphatic heterocycles. The second kappa shape index (κ2) is 8.80. The number of piperidine rings is 1. The fraction of sp³-hybridized carbons (Fsp3) is 0.304. The Bertz CT molecular complexity index is 1090. The molecule has 1 aliphatic rings. The summed E-state index contributed by atoms with van der Waals surface area (Å²) < 4.78 is 1.92. The van der Waals surface area contributed by atoms with Gasteiger partial charge in [0.05, 0.1) is 33.9 Å². The first-order valence-corrected chi connectivity index (χ1v) is 10.8. The average molecular weight is 443 g/mol. The fourth-order valence-corrected chi connectivity index (χ4v) is 4.32. The van der Waals surface area contributed by atoms with Crippen molar-refractivity contribution in [1.82, 2.24) is 15.1 Å². The minimum Gasteiger partial charge on any atom is -0.321 e. The molecule has 0 bridgehead atoms. The van der Waals surface area contributed by atoms with Crippen molar-refractivity contribution in [1.29, 1.82) is 0 Å². The Hall–Kier alpha value is -2.34. The molecule has 2 heterocycles. The van der Waals surface area contributed by atoms with Gasteiger partial charge in [-0.1, -0.05) is 29.3 Å². The van der Waals surface area contributed by atoms with Crippen LogP contribution in [0, 0.1) is 13.8 Å². The smallest absolute Gasteiger partial charge is 0.259 e. The van der Waals surface area contributed by atoms with Gasteiger partial charge >= 0.3 is 0 Å². The van der Waals surface area contributed by atoms with E-state index in [1.54, 1.807) is 24.4 Å². The molecule has 4 rings (SSSR count). The molecule has 0 aliphatic carbocycles. The van der Waals surface area contributed by atoms with E-state index in [2.05, 4.69) is 47.8 Å². The van der Waals surface area contributed by atoms with Gasteiger partial charge in [0.1, 0.15) is 0 Å². The Balaban J connectivity index is 1.74. The molecule has 1 amide bonds. The highest BCUT2D eigenvalue weighted by Gasteiger charge is 2.27. The number of carbonyl (C=O) groups excluding carboxylic acids is 1. The van der Waals surface area contributed by atoms with Gasteiger partial charge in [-0.25, -0.2) is 4.68 Å². The lowest BCUT2D eigenvalue weighted by Gasteiger charge is -2.25. The van der Waals surface area contributed by atoms with Crippen LogP contribution < -0.4 is 10.6 Å². The summed E-state index contributed by atoms with van der Waals surface area (Å²) in [6, 6.07) is 11.3. The highest BCUT2D eigenvalue weighted by molar-refractivity contribution is 6.36. The SMILES string of the molecule is Cc1ccc(-n2ncc(C(=O)Nc3ccc(Cl)cc3Cl)c2C2CCNCC2)cc1C. The third kappa shape index (κ3) is 4.24. The Morgan fingerprint density at radius 3 is 2.57 bits per heavy atom. The third-order valence-electron chi connectivity index (χ3n) is 5.69. The molecule has 0 saturated carbocycles. The zero-order valence-corrected chi connectivity index (χ0v) is 18.5. The fourth-order valence-electron chi connectivity index (χ4n) is 3.86. The number of halogens is 2. The predicted molar refractivity (Wildman–Crippen MR) is 122 cm³/mol. The first kappa shape index (κ1) is 20.9. The number of hydrogen-bond donors (Lipinski definition) is 2. The molecule has 0 radical (unpaired) electrons. The van der Waals surface area contributed by atoms with Gasteiger partial charge in [-0.2, -0.15) is 5.10 Å². The van der Waals surface area contributed by atoms with Crippen molar-refractivity contribution >= 4 is 34.8 Å². The molecule has 3 aromatic rings. The average Bonchev–Trinajstić information content (AvgIpc) is 3.18. The van der Waals surface area contributed by atoms with E-state index in [4.69, 9.17) is 23.2 Å². The van der Waals surface area contributed by atoms with Crippen LogP contribution in [0.1, 0.15) is 45.9 Å². The van der Waals surface area contributed by atoms with Gasteiger partial charge in [-0.05, 0) is 81.2 Å². The van der Waals surface area contributed by atoms with Crippen LogP contribution in [0.2, 0.25) is 10.0 Å². The summed E-state index contributed by atoms with van der Waals surface area (Å²) in [4.78, 5) is 13.2. The highest BCUT2D eigenvalue weighted by atomic mass is 35.5. The number of nitrogens with zero attached hydrogens (tertiary/aromatic N) is 2. The van der Waals surface area contributed by atoms with Crippen molar-refractivity contribution in [2.45, 2.75) is 32.6 Å². The number of hydrogen-bond acceptors (Lipinski definition) is 3. The molecule has 2 aromatic carbocycles. The van der Waals surface area contributed by atoms with Crippen molar-refractivity contribution in [3.05, 3.63) is 75.0 Å². The standard InChI is InChI=1S/C23H24Cl2N4O/c1-14-3-5-18(11-15(14)2)29-22(16-7-9-26-10-8-16)19(13-27-29)23(30)28-21-6-4-17(24)12-20(21)25/h3-6,11-13,16,26H,7-10H2,1-2H3,(H,28,30). The Kier molecular flexibility index (Phi) is 6.14. The van der Waals surface area contributed by atoms with Crippen LogP contribution in [0.15, 0.2) is 42.6 Å². The summed E-state index contributed by atoms with van der Waals surface area (Å²) in [6.07, 6.45) is 3.57. The molecule has 2 N–H and O–H groups in total. The molecule has 7 heteroatoms. The van der Waals surface area contributed by atoms with Gasteiger partial charge in [0.2, 0.25) is 0 Å². The quantitative estimate of drug-likeness (QED) is 0.559. The topological polar surface area (TPSA) is 59.0 Å². The second-order valence-electron chi connectivity index (χ2n) is 7.73. The van der Waals surface area contributed by atoms with E-state index in [-0.39, 0.29) is 11.8 Å². The van der Waals surface area contributed by atoms with Crippen molar-refractivity contribution in [3.8, 4) is 5.69 Å². The van der Waals surface area contributed by atoms with Crippen LogP contribution in [0.4, 0.5) is 5.69 Å². The summed E-state index contributed by atoms with van der Waals surface area (Å²) >= 11 is 12.2. The van der Waals surface area contributed by atoms with Gasteiger partial charge in [-0.3, -0.25) is 4.79 Å². The number of nitrogens with one attached hydrogen (secondary N) is 2. The molecule has 0 unspecified atom stereocenters. The zero-order valence-electron chi connectivity index (χ0n) is 17.0. The minimum absolute atomic E-state index is 0.220. The molecule has 0 spiro atoms. The van der Waals surface area contributed by atoms with Crippen LogP contribution in [-0.2, 0) is 0 Å². The van der Waals surface area contributed by atoms with Crippen LogP contribution in [0.25, 0.3) is 5.69 Å². The van der Waals surface area contributed by atoms with Gasteiger partial charge < -0.3 is 10.6 Å². The van der Waals surface area contributed by atoms with E-state index >= 15 is 0 Å². The van der Waals surface area contributed by atoms with Crippen LogP contribution in [0.3, 0.4) is 0 Å². The van der Waals surface area contributed by atoms with Crippen molar-refractivity contribution in [3.63, 3.8) is 0 Å². The lowest BCUT2D eigenvalue weighted by Crippen LogP contribution is -2.29. The second-order valence-corrected chi connectivity index (χ2v) is 8.57. The largest absolute Gasteiger partial charge is 0.321 e. The van der Waals surface area contributed by atoms with Crippen molar-refractivity contribution in [2.75, 3.05) is 18.4 Å². The molecule has 1 saturated heterocycles. The van der Waals surface area contributed by atoms with E-state index in [0.717, 1.165) is 37.3 Å². The summed E-state index contributed by atoms with van der Waals surface area (Å²) in [5, 5.41) is 11.9. The molecular formula is C23H24Cl2N4O. The summed E-state index contributed by atoms with van der Waals surface area (Å²) in [5.74, 6) is 0.0274. The lowest BCUT2D eigenvalue weighted by molar-refractivity contribution is 0.102. The molecular weight excluding hydrogens is 419 g/mol. The molecule has 1 fully saturated rings. The Morgan fingerprint density at radius 1 is 1.10 bits per heavy atom. The Morgan fingerprint density at radius 2 is 1.87 bits per heavy atom. The molecule has 1 aromatic heterocycles. The van der Waals surface area contributed by atoms with E-state index < -0.39 is 0 Å². The maximum Gasteiger partial charge on any atom is 0.259 e. The zero-order chi connectivity index (χ0) is 21.3. The lowest BCUT2D eigenvalue weighted by atomic mass is 9.91. The summed E-state index contributed by atoms with van der Waals surface area (Å²) in [7, 11) is 0. The van der Waals surface area contributed by atoms with Gasteiger partial charge in [-0.15, -0.1) is 0 Å². The number of aromatic nitrogens is 2. The monoisotopic (exact) mass is 442 g/mol. The number of amides is 1. The van der Waals surface area contributed by atoms with Crippen LogP contribution in [0.5, 0.6) is 0 Å². The molecule has 0 atom stereocenters. The minimum atomic E-state index is -0.220. The number of rotatable bonds is 4. The van der Waals surface area contributed by atoms with Gasteiger partial charge in [0.15, 0.2) is 0 Å². The number of anilines is 1. The third-order valence-corrected chi connectivity index (χ3v) is 6.24. The highest BCUT2D eigenvalue weighted by Crippen LogP contribution is 2.32.